The van der Waals surface area contributed by atoms with Crippen LogP contribution in [0.1, 0.15) is 108 Å². The van der Waals surface area contributed by atoms with Gasteiger partial charge in [0, 0.05) is 30.7 Å². The molecule has 6 rings (SSSR count). The number of hydrogen-bond acceptors (Lipinski definition) is 4. The second-order valence-electron chi connectivity index (χ2n) is 16.5. The van der Waals surface area contributed by atoms with E-state index in [0.29, 0.717) is 31.7 Å². The lowest BCUT2D eigenvalue weighted by Gasteiger charge is -2.49. The Balaban J connectivity index is 1.24. The zero-order valence-electron chi connectivity index (χ0n) is 30.3. The zero-order chi connectivity index (χ0) is 35.6. The van der Waals surface area contributed by atoms with Crippen molar-refractivity contribution in [2.75, 3.05) is 6.54 Å². The molecular weight excluding hydrogens is 620 g/mol. The number of hydrogen-bond donors (Lipinski definition) is 0. The SMILES string of the molecule is CC(CC(CC(CC1C(=O)N(CC2(C)CC(N3C(=O)C=CC3=O)CC(C)(C)C2)C(=O)C1C)c1ccccc1)c1ccccc1)c1ccccc1. The van der Waals surface area contributed by atoms with Gasteiger partial charge in [-0.05, 0) is 83.8 Å². The number of benzene rings is 3. The maximum absolute atomic E-state index is 14.4. The lowest BCUT2D eigenvalue weighted by molar-refractivity contribution is -0.148. The van der Waals surface area contributed by atoms with Crippen LogP contribution in [0.5, 0.6) is 0 Å². The van der Waals surface area contributed by atoms with Gasteiger partial charge in [-0.2, -0.15) is 0 Å². The van der Waals surface area contributed by atoms with Gasteiger partial charge >= 0.3 is 0 Å². The Labute approximate surface area is 297 Å². The molecule has 262 valence electrons. The minimum atomic E-state index is -0.430. The Hall–Kier alpha value is -4.32. The molecule has 4 amide bonds. The van der Waals surface area contributed by atoms with Crippen LogP contribution < -0.4 is 0 Å². The number of nitrogens with zero attached hydrogens (tertiary/aromatic N) is 2. The summed E-state index contributed by atoms with van der Waals surface area (Å²) in [6.45, 7) is 10.9. The second-order valence-corrected chi connectivity index (χ2v) is 16.5. The number of carbonyl (C=O) groups is 4. The standard InChI is InChI=1S/C44H52N2O4/c1-30(32-15-9-6-10-16-32)23-35(33-17-11-7-12-18-33)24-36(34-19-13-8-14-20-34)25-38-31(2)41(49)45(42(38)50)29-44(5)27-37(26-43(3,4)28-44)46-39(47)21-22-40(46)48/h6-22,30-31,35-38H,23-29H2,1-5H3. The quantitative estimate of drug-likeness (QED) is 0.181. The molecule has 0 spiro atoms. The number of likely N-dealkylation sites (tertiary alicyclic amines) is 1. The number of rotatable bonds is 12. The van der Waals surface area contributed by atoms with E-state index in [-0.39, 0.29) is 46.9 Å². The first-order chi connectivity index (χ1) is 23.8. The van der Waals surface area contributed by atoms with Crippen molar-refractivity contribution in [3.05, 3.63) is 120 Å². The Morgan fingerprint density at radius 1 is 0.680 bits per heavy atom. The fourth-order valence-electron chi connectivity index (χ4n) is 9.62. The average Bonchev–Trinajstić information content (AvgIpc) is 3.53. The summed E-state index contributed by atoms with van der Waals surface area (Å²) in [5.74, 6) is -0.890. The molecule has 7 unspecified atom stereocenters. The van der Waals surface area contributed by atoms with E-state index in [1.165, 1.54) is 38.6 Å². The monoisotopic (exact) mass is 672 g/mol. The van der Waals surface area contributed by atoms with E-state index in [0.717, 1.165) is 19.3 Å². The van der Waals surface area contributed by atoms with Gasteiger partial charge in [0.15, 0.2) is 0 Å². The van der Waals surface area contributed by atoms with E-state index in [1.807, 2.05) is 13.0 Å². The third kappa shape index (κ3) is 7.70. The van der Waals surface area contributed by atoms with Crippen molar-refractivity contribution in [3.63, 3.8) is 0 Å². The van der Waals surface area contributed by atoms with Crippen molar-refractivity contribution in [1.82, 2.24) is 9.80 Å². The molecule has 1 aliphatic carbocycles. The molecule has 1 saturated carbocycles. The molecule has 3 aliphatic rings. The fraction of sp³-hybridized carbons (Fsp3) is 0.455. The molecule has 6 nitrogen and oxygen atoms in total. The highest BCUT2D eigenvalue weighted by Crippen LogP contribution is 2.50. The first-order valence-corrected chi connectivity index (χ1v) is 18.4. The van der Waals surface area contributed by atoms with Crippen LogP contribution in [0.25, 0.3) is 0 Å². The predicted octanol–water partition coefficient (Wildman–Crippen LogP) is 8.66. The van der Waals surface area contributed by atoms with Crippen LogP contribution in [0.2, 0.25) is 0 Å². The highest BCUT2D eigenvalue weighted by Gasteiger charge is 2.51. The van der Waals surface area contributed by atoms with Crippen LogP contribution in [0, 0.1) is 22.7 Å². The van der Waals surface area contributed by atoms with Crippen LogP contribution in [-0.2, 0) is 19.2 Å². The first kappa shape index (κ1) is 35.5. The Morgan fingerprint density at radius 3 is 1.76 bits per heavy atom. The fourth-order valence-corrected chi connectivity index (χ4v) is 9.62. The van der Waals surface area contributed by atoms with E-state index in [2.05, 4.69) is 113 Å². The summed E-state index contributed by atoms with van der Waals surface area (Å²) < 4.78 is 0. The van der Waals surface area contributed by atoms with E-state index in [1.54, 1.807) is 0 Å². The Bertz CT molecular complexity index is 1700. The van der Waals surface area contributed by atoms with Crippen molar-refractivity contribution in [1.29, 1.82) is 0 Å². The summed E-state index contributed by atoms with van der Waals surface area (Å²) in [7, 11) is 0. The lowest BCUT2D eigenvalue weighted by atomic mass is 9.62. The molecule has 2 aliphatic heterocycles. The van der Waals surface area contributed by atoms with Gasteiger partial charge in [-0.15, -0.1) is 0 Å². The van der Waals surface area contributed by atoms with Crippen molar-refractivity contribution >= 4 is 23.6 Å². The largest absolute Gasteiger partial charge is 0.282 e. The van der Waals surface area contributed by atoms with E-state index in [4.69, 9.17) is 0 Å². The Morgan fingerprint density at radius 2 is 1.20 bits per heavy atom. The highest BCUT2D eigenvalue weighted by molar-refractivity contribution is 6.13. The van der Waals surface area contributed by atoms with Gasteiger partial charge < -0.3 is 0 Å². The van der Waals surface area contributed by atoms with Gasteiger partial charge in [0.25, 0.3) is 11.8 Å². The van der Waals surface area contributed by atoms with E-state index < -0.39 is 17.3 Å². The van der Waals surface area contributed by atoms with Crippen LogP contribution in [0.3, 0.4) is 0 Å². The van der Waals surface area contributed by atoms with Crippen LogP contribution >= 0.6 is 0 Å². The number of carbonyl (C=O) groups excluding carboxylic acids is 4. The summed E-state index contributed by atoms with van der Waals surface area (Å²) in [4.78, 5) is 56.6. The van der Waals surface area contributed by atoms with E-state index in [9.17, 15) is 19.2 Å². The molecule has 3 aromatic rings. The van der Waals surface area contributed by atoms with Gasteiger partial charge in [-0.3, -0.25) is 29.0 Å². The minimum absolute atomic E-state index is 0.0850. The van der Waals surface area contributed by atoms with E-state index >= 15 is 0 Å². The molecule has 50 heavy (non-hydrogen) atoms. The maximum atomic E-state index is 14.4. The van der Waals surface area contributed by atoms with Crippen molar-refractivity contribution in [2.45, 2.75) is 96.9 Å². The lowest BCUT2D eigenvalue weighted by Crippen LogP contribution is -2.52. The van der Waals surface area contributed by atoms with Crippen LogP contribution in [0.4, 0.5) is 0 Å². The summed E-state index contributed by atoms with van der Waals surface area (Å²) in [6.07, 6.45) is 7.19. The zero-order valence-corrected chi connectivity index (χ0v) is 30.3. The minimum Gasteiger partial charge on any atom is -0.282 e. The molecule has 0 N–H and O–H groups in total. The van der Waals surface area contributed by atoms with Crippen molar-refractivity contribution < 1.29 is 19.2 Å². The van der Waals surface area contributed by atoms with Gasteiger partial charge in [0.05, 0.1) is 5.92 Å². The average molecular weight is 673 g/mol. The first-order valence-electron chi connectivity index (χ1n) is 18.4. The molecule has 0 aromatic heterocycles. The topological polar surface area (TPSA) is 74.8 Å². The summed E-state index contributed by atoms with van der Waals surface area (Å²) in [5, 5.41) is 0. The maximum Gasteiger partial charge on any atom is 0.253 e. The molecule has 7 atom stereocenters. The molecule has 0 radical (unpaired) electrons. The summed E-state index contributed by atoms with van der Waals surface area (Å²) >= 11 is 0. The van der Waals surface area contributed by atoms with Gasteiger partial charge in [0.2, 0.25) is 11.8 Å². The normalized spacial score (nSPS) is 26.8. The number of imide groups is 2. The van der Waals surface area contributed by atoms with Crippen LogP contribution in [-0.4, -0.2) is 46.0 Å². The molecule has 2 fully saturated rings. The highest BCUT2D eigenvalue weighted by atomic mass is 16.2. The van der Waals surface area contributed by atoms with Gasteiger partial charge in [0.1, 0.15) is 0 Å². The Kier molecular flexibility index (Phi) is 10.3. The molecule has 3 aromatic carbocycles. The number of amides is 4. The molecule has 1 saturated heterocycles. The summed E-state index contributed by atoms with van der Waals surface area (Å²) in [5.41, 5.74) is 3.22. The van der Waals surface area contributed by atoms with Crippen LogP contribution in [0.15, 0.2) is 103 Å². The molecule has 2 heterocycles. The van der Waals surface area contributed by atoms with Gasteiger partial charge in [-0.1, -0.05) is 126 Å². The molecule has 0 bridgehead atoms. The predicted molar refractivity (Wildman–Crippen MR) is 197 cm³/mol. The molecular formula is C44H52N2O4. The van der Waals surface area contributed by atoms with Crippen molar-refractivity contribution in [2.24, 2.45) is 22.7 Å². The third-order valence-electron chi connectivity index (χ3n) is 11.7. The second kappa shape index (κ2) is 14.5. The summed E-state index contributed by atoms with van der Waals surface area (Å²) in [6, 6.07) is 31.6. The van der Waals surface area contributed by atoms with Crippen molar-refractivity contribution in [3.8, 4) is 0 Å². The van der Waals surface area contributed by atoms with Gasteiger partial charge in [-0.25, -0.2) is 0 Å². The smallest absolute Gasteiger partial charge is 0.253 e. The third-order valence-corrected chi connectivity index (χ3v) is 11.7. The molecule has 6 heteroatoms.